The highest BCUT2D eigenvalue weighted by atomic mass is 16.2. The first-order valence-corrected chi connectivity index (χ1v) is 9.96. The van der Waals surface area contributed by atoms with Crippen LogP contribution in [0.15, 0.2) is 42.7 Å². The van der Waals surface area contributed by atoms with Crippen LogP contribution in [-0.4, -0.2) is 29.0 Å². The Morgan fingerprint density at radius 2 is 1.93 bits per heavy atom. The van der Waals surface area contributed by atoms with Crippen LogP contribution < -0.4 is 10.2 Å². The van der Waals surface area contributed by atoms with Gasteiger partial charge in [0.15, 0.2) is 0 Å². The molecule has 5 nitrogen and oxygen atoms in total. The zero-order chi connectivity index (χ0) is 18.9. The van der Waals surface area contributed by atoms with Crippen LogP contribution >= 0.6 is 0 Å². The van der Waals surface area contributed by atoms with Crippen LogP contribution in [0.5, 0.6) is 0 Å². The molecule has 0 bridgehead atoms. The van der Waals surface area contributed by atoms with Crippen molar-refractivity contribution >= 4 is 11.9 Å². The number of benzene rings is 1. The molecule has 2 atom stereocenters. The SMILES string of the molecule is CC1(C)CCC(NC(=O)C2CCCN(c3ncccn3)C2)c2ccccc21. The van der Waals surface area contributed by atoms with Gasteiger partial charge in [-0.1, -0.05) is 38.1 Å². The average molecular weight is 364 g/mol. The second kappa shape index (κ2) is 7.29. The van der Waals surface area contributed by atoms with E-state index in [0.717, 1.165) is 38.2 Å². The van der Waals surface area contributed by atoms with Gasteiger partial charge in [0.2, 0.25) is 11.9 Å². The summed E-state index contributed by atoms with van der Waals surface area (Å²) in [6.07, 6.45) is 7.51. The number of fused-ring (bicyclic) bond motifs is 1. The van der Waals surface area contributed by atoms with Gasteiger partial charge in [0.25, 0.3) is 0 Å². The molecule has 0 radical (unpaired) electrons. The second-order valence-corrected chi connectivity index (χ2v) is 8.40. The molecule has 2 unspecified atom stereocenters. The van der Waals surface area contributed by atoms with Crippen LogP contribution in [0.3, 0.4) is 0 Å². The Balaban J connectivity index is 1.46. The van der Waals surface area contributed by atoms with Crippen LogP contribution in [0.1, 0.15) is 56.7 Å². The van der Waals surface area contributed by atoms with Crippen LogP contribution in [0, 0.1) is 5.92 Å². The first-order valence-electron chi connectivity index (χ1n) is 9.96. The molecule has 2 aliphatic rings. The minimum Gasteiger partial charge on any atom is -0.349 e. The number of nitrogens with one attached hydrogen (secondary N) is 1. The number of anilines is 1. The Morgan fingerprint density at radius 3 is 2.74 bits per heavy atom. The third-order valence-corrected chi connectivity index (χ3v) is 6.07. The maximum Gasteiger partial charge on any atom is 0.225 e. The van der Waals surface area contributed by atoms with Gasteiger partial charge in [-0.05, 0) is 48.3 Å². The topological polar surface area (TPSA) is 58.1 Å². The molecule has 4 rings (SSSR count). The van der Waals surface area contributed by atoms with Crippen molar-refractivity contribution in [2.24, 2.45) is 5.92 Å². The molecule has 1 amide bonds. The summed E-state index contributed by atoms with van der Waals surface area (Å²) in [5.74, 6) is 0.875. The quantitative estimate of drug-likeness (QED) is 0.904. The summed E-state index contributed by atoms with van der Waals surface area (Å²) in [5.41, 5.74) is 2.81. The highest BCUT2D eigenvalue weighted by Gasteiger charge is 2.34. The monoisotopic (exact) mass is 364 g/mol. The summed E-state index contributed by atoms with van der Waals surface area (Å²) >= 11 is 0. The number of piperidine rings is 1. The lowest BCUT2D eigenvalue weighted by molar-refractivity contribution is -0.126. The van der Waals surface area contributed by atoms with Crippen molar-refractivity contribution in [2.45, 2.75) is 51.0 Å². The number of carbonyl (C=O) groups excluding carboxylic acids is 1. The van der Waals surface area contributed by atoms with Crippen molar-refractivity contribution < 1.29 is 4.79 Å². The summed E-state index contributed by atoms with van der Waals surface area (Å²) < 4.78 is 0. The van der Waals surface area contributed by atoms with E-state index in [9.17, 15) is 4.79 Å². The third-order valence-electron chi connectivity index (χ3n) is 6.07. The van der Waals surface area contributed by atoms with Gasteiger partial charge >= 0.3 is 0 Å². The summed E-state index contributed by atoms with van der Waals surface area (Å²) in [4.78, 5) is 23.8. The van der Waals surface area contributed by atoms with Crippen molar-refractivity contribution in [3.63, 3.8) is 0 Å². The fourth-order valence-corrected chi connectivity index (χ4v) is 4.48. The van der Waals surface area contributed by atoms with E-state index in [2.05, 4.69) is 58.3 Å². The number of rotatable bonds is 3. The van der Waals surface area contributed by atoms with Crippen LogP contribution in [-0.2, 0) is 10.2 Å². The molecule has 0 spiro atoms. The molecule has 1 N–H and O–H groups in total. The maximum atomic E-state index is 13.0. The second-order valence-electron chi connectivity index (χ2n) is 8.40. The van der Waals surface area contributed by atoms with Crippen molar-refractivity contribution in [1.29, 1.82) is 0 Å². The number of amides is 1. The van der Waals surface area contributed by atoms with Crippen LogP contribution in [0.25, 0.3) is 0 Å². The number of hydrogen-bond donors (Lipinski definition) is 1. The zero-order valence-electron chi connectivity index (χ0n) is 16.2. The van der Waals surface area contributed by atoms with Gasteiger partial charge < -0.3 is 10.2 Å². The molecule has 5 heteroatoms. The van der Waals surface area contributed by atoms with E-state index in [1.807, 2.05) is 6.07 Å². The van der Waals surface area contributed by atoms with Gasteiger partial charge in [0.1, 0.15) is 0 Å². The zero-order valence-corrected chi connectivity index (χ0v) is 16.2. The molecule has 27 heavy (non-hydrogen) atoms. The number of hydrogen-bond acceptors (Lipinski definition) is 4. The maximum absolute atomic E-state index is 13.0. The standard InChI is InChI=1S/C22H28N4O/c1-22(2)11-10-19(17-8-3-4-9-18(17)22)25-20(27)16-7-5-14-26(15-16)21-23-12-6-13-24-21/h3-4,6,8-9,12-13,16,19H,5,7,10-11,14-15H2,1-2H3,(H,25,27). The molecule has 1 aromatic carbocycles. The molecule has 142 valence electrons. The average Bonchev–Trinajstić information content (AvgIpc) is 2.71. The van der Waals surface area contributed by atoms with Crippen molar-refractivity contribution in [1.82, 2.24) is 15.3 Å². The first-order chi connectivity index (χ1) is 13.0. The van der Waals surface area contributed by atoms with E-state index in [4.69, 9.17) is 0 Å². The Morgan fingerprint density at radius 1 is 1.15 bits per heavy atom. The van der Waals surface area contributed by atoms with E-state index in [-0.39, 0.29) is 23.3 Å². The van der Waals surface area contributed by atoms with Gasteiger partial charge in [-0.3, -0.25) is 4.79 Å². The van der Waals surface area contributed by atoms with Gasteiger partial charge in [-0.15, -0.1) is 0 Å². The molecule has 1 fully saturated rings. The largest absolute Gasteiger partial charge is 0.349 e. The Kier molecular flexibility index (Phi) is 4.85. The van der Waals surface area contributed by atoms with E-state index >= 15 is 0 Å². The molecule has 1 aromatic heterocycles. The Hall–Kier alpha value is -2.43. The Labute approximate surface area is 161 Å². The minimum absolute atomic E-state index is 0.00958. The van der Waals surface area contributed by atoms with E-state index in [1.165, 1.54) is 11.1 Å². The van der Waals surface area contributed by atoms with Crippen molar-refractivity contribution in [3.05, 3.63) is 53.9 Å². The fraction of sp³-hybridized carbons (Fsp3) is 0.500. The van der Waals surface area contributed by atoms with Crippen LogP contribution in [0.4, 0.5) is 5.95 Å². The first kappa shape index (κ1) is 18.0. The van der Waals surface area contributed by atoms with E-state index in [0.29, 0.717) is 6.54 Å². The van der Waals surface area contributed by atoms with Crippen LogP contribution in [0.2, 0.25) is 0 Å². The lowest BCUT2D eigenvalue weighted by Crippen LogP contribution is -2.45. The third kappa shape index (κ3) is 3.68. The van der Waals surface area contributed by atoms with Gasteiger partial charge in [-0.25, -0.2) is 9.97 Å². The van der Waals surface area contributed by atoms with Gasteiger partial charge in [-0.2, -0.15) is 0 Å². The molecule has 0 saturated carbocycles. The molecule has 1 aliphatic carbocycles. The molecular weight excluding hydrogens is 336 g/mol. The Bertz CT molecular complexity index is 805. The summed E-state index contributed by atoms with van der Waals surface area (Å²) in [5, 5.41) is 3.35. The van der Waals surface area contributed by atoms with E-state index < -0.39 is 0 Å². The summed E-state index contributed by atoms with van der Waals surface area (Å²) in [6.45, 7) is 6.19. The normalized spacial score (nSPS) is 24.1. The molecule has 1 aliphatic heterocycles. The summed E-state index contributed by atoms with van der Waals surface area (Å²) in [7, 11) is 0. The molecule has 1 saturated heterocycles. The van der Waals surface area contributed by atoms with Crippen molar-refractivity contribution in [2.75, 3.05) is 18.0 Å². The predicted molar refractivity (Wildman–Crippen MR) is 107 cm³/mol. The molecular formula is C22H28N4O. The minimum atomic E-state index is -0.00958. The number of aromatic nitrogens is 2. The van der Waals surface area contributed by atoms with E-state index in [1.54, 1.807) is 12.4 Å². The lowest BCUT2D eigenvalue weighted by atomic mass is 9.71. The van der Waals surface area contributed by atoms with Gasteiger partial charge in [0.05, 0.1) is 12.0 Å². The molecule has 2 aromatic rings. The fourth-order valence-electron chi connectivity index (χ4n) is 4.48. The lowest BCUT2D eigenvalue weighted by Gasteiger charge is -2.38. The van der Waals surface area contributed by atoms with Gasteiger partial charge in [0, 0.05) is 25.5 Å². The van der Waals surface area contributed by atoms with Crippen molar-refractivity contribution in [3.8, 4) is 0 Å². The highest BCUT2D eigenvalue weighted by Crippen LogP contribution is 2.41. The number of carbonyl (C=O) groups is 1. The highest BCUT2D eigenvalue weighted by molar-refractivity contribution is 5.80. The summed E-state index contributed by atoms with van der Waals surface area (Å²) in [6, 6.07) is 10.5. The predicted octanol–water partition coefficient (Wildman–Crippen LogP) is 3.62. The number of nitrogens with zero attached hydrogens (tertiary/aromatic N) is 3. The molecule has 2 heterocycles. The smallest absolute Gasteiger partial charge is 0.225 e.